The number of amides is 1. The lowest BCUT2D eigenvalue weighted by Gasteiger charge is -2.16. The van der Waals surface area contributed by atoms with Crippen LogP contribution >= 0.6 is 0 Å². The van der Waals surface area contributed by atoms with Crippen LogP contribution in [0.15, 0.2) is 42.0 Å². The fourth-order valence-corrected chi connectivity index (χ4v) is 3.03. The first-order chi connectivity index (χ1) is 13.4. The van der Waals surface area contributed by atoms with Gasteiger partial charge in [-0.25, -0.2) is 0 Å². The Hall–Kier alpha value is -3.68. The molecule has 0 aromatic heterocycles. The number of rotatable bonds is 5. The van der Waals surface area contributed by atoms with Crippen LogP contribution in [0.5, 0.6) is 23.0 Å². The quantitative estimate of drug-likeness (QED) is 0.410. The molecule has 8 heteroatoms. The van der Waals surface area contributed by atoms with Crippen molar-refractivity contribution in [3.05, 3.63) is 53.1 Å². The fourth-order valence-electron chi connectivity index (χ4n) is 3.03. The molecular weight excluding hydrogens is 366 g/mol. The lowest BCUT2D eigenvalue weighted by atomic mass is 9.95. The number of phenols is 1. The lowest BCUT2D eigenvalue weighted by molar-refractivity contribution is -0.133. The molecule has 0 spiro atoms. The Kier molecular flexibility index (Phi) is 5.12. The van der Waals surface area contributed by atoms with Gasteiger partial charge in [-0.3, -0.25) is 9.59 Å². The summed E-state index contributed by atoms with van der Waals surface area (Å²) in [5.74, 6) is -1.13. The Balaban J connectivity index is 2.13. The number of hydrogen-bond acceptors (Lipinski definition) is 7. The summed E-state index contributed by atoms with van der Waals surface area (Å²) < 4.78 is 15.5. The third-order valence-electron chi connectivity index (χ3n) is 4.46. The molecule has 0 saturated carbocycles. The molecule has 1 saturated heterocycles. The number of ketones is 1. The third kappa shape index (κ3) is 3.20. The van der Waals surface area contributed by atoms with Crippen LogP contribution in [0, 0.1) is 0 Å². The molecule has 1 amide bonds. The summed E-state index contributed by atoms with van der Waals surface area (Å²) in [7, 11) is 4.31. The number of ether oxygens (including phenoxy) is 3. The third-order valence-corrected chi connectivity index (χ3v) is 4.46. The van der Waals surface area contributed by atoms with Gasteiger partial charge in [0, 0.05) is 5.56 Å². The van der Waals surface area contributed by atoms with E-state index in [2.05, 4.69) is 5.32 Å². The van der Waals surface area contributed by atoms with Gasteiger partial charge in [0.05, 0.1) is 32.9 Å². The lowest BCUT2D eigenvalue weighted by Crippen LogP contribution is -2.21. The minimum atomic E-state index is -0.900. The van der Waals surface area contributed by atoms with Crippen molar-refractivity contribution in [2.24, 2.45) is 0 Å². The van der Waals surface area contributed by atoms with Crippen LogP contribution in [0.2, 0.25) is 0 Å². The maximum atomic E-state index is 12.4. The number of aromatic hydroxyl groups is 1. The van der Waals surface area contributed by atoms with Crippen molar-refractivity contribution in [1.29, 1.82) is 0 Å². The summed E-state index contributed by atoms with van der Waals surface area (Å²) in [5.41, 5.74) is 0.647. The van der Waals surface area contributed by atoms with E-state index in [1.165, 1.54) is 45.6 Å². The molecule has 1 fully saturated rings. The summed E-state index contributed by atoms with van der Waals surface area (Å²) in [6.45, 7) is 0. The van der Waals surface area contributed by atoms with Crippen molar-refractivity contribution in [3.63, 3.8) is 0 Å². The highest BCUT2D eigenvalue weighted by Gasteiger charge is 2.40. The zero-order chi connectivity index (χ0) is 20.4. The van der Waals surface area contributed by atoms with E-state index < -0.39 is 17.7 Å². The van der Waals surface area contributed by atoms with Crippen molar-refractivity contribution < 1.29 is 34.0 Å². The fraction of sp³-hybridized carbons (Fsp3) is 0.200. The van der Waals surface area contributed by atoms with E-state index in [9.17, 15) is 19.8 Å². The van der Waals surface area contributed by atoms with Gasteiger partial charge in [0.25, 0.3) is 11.7 Å². The second-order valence-corrected chi connectivity index (χ2v) is 6.00. The summed E-state index contributed by atoms with van der Waals surface area (Å²) in [5, 5.41) is 23.1. The molecule has 2 aromatic carbocycles. The average molecular weight is 385 g/mol. The van der Waals surface area contributed by atoms with Crippen molar-refractivity contribution in [1.82, 2.24) is 5.32 Å². The standard InChI is InChI=1S/C20H19NO7/c1-26-13-7-5-11(9-15(13)28-3)18(23)16-17(21-20(25)19(16)24)10-4-6-12(22)14(8-10)27-2/h4-9,17,22-23H,1-3H3,(H,21,25)/t17-/m1/s1. The Morgan fingerprint density at radius 2 is 1.61 bits per heavy atom. The number of phenolic OH excluding ortho intramolecular Hbond substituents is 1. The minimum absolute atomic E-state index is 0.0865. The number of methoxy groups -OCH3 is 3. The molecule has 8 nitrogen and oxygen atoms in total. The molecule has 28 heavy (non-hydrogen) atoms. The average Bonchev–Trinajstić information content (AvgIpc) is 3.01. The largest absolute Gasteiger partial charge is 0.507 e. The van der Waals surface area contributed by atoms with Crippen molar-refractivity contribution in [2.75, 3.05) is 21.3 Å². The van der Waals surface area contributed by atoms with Crippen LogP contribution < -0.4 is 19.5 Å². The van der Waals surface area contributed by atoms with E-state index in [4.69, 9.17) is 14.2 Å². The van der Waals surface area contributed by atoms with E-state index in [-0.39, 0.29) is 28.4 Å². The molecule has 2 aromatic rings. The Labute approximate surface area is 161 Å². The van der Waals surface area contributed by atoms with E-state index >= 15 is 0 Å². The van der Waals surface area contributed by atoms with Gasteiger partial charge in [-0.05, 0) is 35.9 Å². The summed E-state index contributed by atoms with van der Waals surface area (Å²) in [6.07, 6.45) is 0. The highest BCUT2D eigenvalue weighted by molar-refractivity contribution is 6.46. The molecule has 0 unspecified atom stereocenters. The van der Waals surface area contributed by atoms with E-state index in [1.54, 1.807) is 12.1 Å². The second-order valence-electron chi connectivity index (χ2n) is 6.00. The van der Waals surface area contributed by atoms with Gasteiger partial charge in [0.2, 0.25) is 0 Å². The van der Waals surface area contributed by atoms with E-state index in [1.807, 2.05) is 0 Å². The minimum Gasteiger partial charge on any atom is -0.507 e. The molecule has 0 bridgehead atoms. The molecule has 146 valence electrons. The monoisotopic (exact) mass is 385 g/mol. The maximum absolute atomic E-state index is 12.4. The van der Waals surface area contributed by atoms with Gasteiger partial charge in [-0.15, -0.1) is 0 Å². The highest BCUT2D eigenvalue weighted by Crippen LogP contribution is 2.38. The Bertz CT molecular complexity index is 981. The number of carbonyl (C=O) groups excluding carboxylic acids is 2. The van der Waals surface area contributed by atoms with Crippen molar-refractivity contribution in [3.8, 4) is 23.0 Å². The second kappa shape index (κ2) is 7.51. The molecule has 3 rings (SSSR count). The van der Waals surface area contributed by atoms with E-state index in [0.29, 0.717) is 17.1 Å². The van der Waals surface area contributed by atoms with E-state index in [0.717, 1.165) is 0 Å². The van der Waals surface area contributed by atoms with Gasteiger partial charge < -0.3 is 29.7 Å². The Morgan fingerprint density at radius 1 is 0.929 bits per heavy atom. The number of aliphatic hydroxyl groups is 1. The molecule has 0 radical (unpaired) electrons. The Morgan fingerprint density at radius 3 is 2.25 bits per heavy atom. The summed E-state index contributed by atoms with van der Waals surface area (Å²) in [4.78, 5) is 24.5. The predicted octanol–water partition coefficient (Wildman–Crippen LogP) is 2.13. The van der Waals surface area contributed by atoms with Crippen molar-refractivity contribution >= 4 is 17.4 Å². The van der Waals surface area contributed by atoms with Crippen LogP contribution in [0.4, 0.5) is 0 Å². The smallest absolute Gasteiger partial charge is 0.293 e. The SMILES string of the molecule is COc1cc([C@H]2NC(=O)C(=O)C2=C(O)c2ccc(OC)c(OC)c2)ccc1O. The first-order valence-corrected chi connectivity index (χ1v) is 8.28. The van der Waals surface area contributed by atoms with Gasteiger partial charge in [-0.2, -0.15) is 0 Å². The number of carbonyl (C=O) groups is 2. The number of benzene rings is 2. The molecule has 1 aliphatic heterocycles. The van der Waals surface area contributed by atoms with Crippen LogP contribution in [0.3, 0.4) is 0 Å². The molecular formula is C20H19NO7. The van der Waals surface area contributed by atoms with Crippen LogP contribution in [0.25, 0.3) is 5.76 Å². The predicted molar refractivity (Wildman–Crippen MR) is 99.6 cm³/mol. The summed E-state index contributed by atoms with van der Waals surface area (Å²) >= 11 is 0. The van der Waals surface area contributed by atoms with Crippen LogP contribution in [0.1, 0.15) is 17.2 Å². The molecule has 3 N–H and O–H groups in total. The van der Waals surface area contributed by atoms with Gasteiger partial charge >= 0.3 is 0 Å². The molecule has 1 heterocycles. The first kappa shape index (κ1) is 19.1. The topological polar surface area (TPSA) is 114 Å². The maximum Gasteiger partial charge on any atom is 0.293 e. The highest BCUT2D eigenvalue weighted by atomic mass is 16.5. The molecule has 1 aliphatic rings. The number of Topliss-reactive ketones (excluding diaryl/α,β-unsaturated/α-hetero) is 1. The molecule has 1 atom stereocenters. The van der Waals surface area contributed by atoms with Crippen LogP contribution in [-0.2, 0) is 9.59 Å². The van der Waals surface area contributed by atoms with Gasteiger partial charge in [-0.1, -0.05) is 6.07 Å². The molecule has 0 aliphatic carbocycles. The first-order valence-electron chi connectivity index (χ1n) is 8.28. The van der Waals surface area contributed by atoms with Gasteiger partial charge in [0.15, 0.2) is 23.0 Å². The zero-order valence-electron chi connectivity index (χ0n) is 15.5. The number of hydrogen-bond donors (Lipinski definition) is 3. The number of nitrogens with one attached hydrogen (secondary N) is 1. The normalized spacial score (nSPS) is 17.9. The summed E-state index contributed by atoms with van der Waals surface area (Å²) in [6, 6.07) is 8.14. The van der Waals surface area contributed by atoms with Gasteiger partial charge in [0.1, 0.15) is 5.76 Å². The van der Waals surface area contributed by atoms with Crippen LogP contribution in [-0.4, -0.2) is 43.2 Å². The number of aliphatic hydroxyl groups excluding tert-OH is 1. The zero-order valence-corrected chi connectivity index (χ0v) is 15.5. The van der Waals surface area contributed by atoms with Crippen molar-refractivity contribution in [2.45, 2.75) is 6.04 Å².